The van der Waals surface area contributed by atoms with E-state index in [4.69, 9.17) is 16.3 Å². The van der Waals surface area contributed by atoms with E-state index in [1.54, 1.807) is 30.5 Å². The minimum atomic E-state index is -0.469. The molecule has 1 saturated heterocycles. The molecule has 9 heteroatoms. The van der Waals surface area contributed by atoms with E-state index in [0.717, 1.165) is 38.5 Å². The molecule has 3 aromatic rings. The number of ether oxygens (including phenoxy) is 2. The van der Waals surface area contributed by atoms with Gasteiger partial charge in [-0.25, -0.2) is 19.6 Å². The van der Waals surface area contributed by atoms with Gasteiger partial charge in [0.2, 0.25) is 0 Å². The highest BCUT2D eigenvalue weighted by Crippen LogP contribution is 2.20. The molecule has 0 amide bonds. The number of methoxy groups -OCH3 is 2. The van der Waals surface area contributed by atoms with Crippen LogP contribution in [-0.2, 0) is 16.0 Å². The number of carbonyl (C=O) groups excluding carboxylic acids is 2. The lowest BCUT2D eigenvalue weighted by atomic mass is 10.2. The molecule has 1 aliphatic rings. The summed E-state index contributed by atoms with van der Waals surface area (Å²) in [6.45, 7) is 4.57. The monoisotopic (exact) mass is 482 g/mol. The first-order valence-corrected chi connectivity index (χ1v) is 11.1. The topological polar surface area (TPSA) is 84.9 Å². The van der Waals surface area contributed by atoms with Gasteiger partial charge in [0.1, 0.15) is 16.5 Å². The van der Waals surface area contributed by atoms with Crippen LogP contribution >= 0.6 is 11.6 Å². The summed E-state index contributed by atoms with van der Waals surface area (Å²) >= 11 is 5.59. The van der Waals surface area contributed by atoms with Gasteiger partial charge in [-0.15, -0.1) is 0 Å². The van der Waals surface area contributed by atoms with Gasteiger partial charge >= 0.3 is 11.9 Å². The molecule has 0 saturated carbocycles. The summed E-state index contributed by atoms with van der Waals surface area (Å²) < 4.78 is 9.31. The third-order valence-electron chi connectivity index (χ3n) is 5.28. The molecule has 34 heavy (non-hydrogen) atoms. The van der Waals surface area contributed by atoms with Crippen LogP contribution in [0.25, 0.3) is 0 Å². The van der Waals surface area contributed by atoms with E-state index in [-0.39, 0.29) is 16.7 Å². The summed E-state index contributed by atoms with van der Waals surface area (Å²) in [6, 6.07) is 17.2. The van der Waals surface area contributed by atoms with Gasteiger partial charge in [-0.3, -0.25) is 4.90 Å². The molecule has 2 aromatic heterocycles. The summed E-state index contributed by atoms with van der Waals surface area (Å²) in [5, 5.41) is 0.166. The Morgan fingerprint density at radius 2 is 1.41 bits per heavy atom. The molecule has 178 valence electrons. The van der Waals surface area contributed by atoms with Crippen LogP contribution in [0.3, 0.4) is 0 Å². The third-order valence-corrected chi connectivity index (χ3v) is 5.58. The summed E-state index contributed by atoms with van der Waals surface area (Å²) in [5.74, 6) is -0.0818. The highest BCUT2D eigenvalue weighted by molar-refractivity contribution is 6.32. The summed E-state index contributed by atoms with van der Waals surface area (Å²) in [5.41, 5.74) is 2.15. The van der Waals surface area contributed by atoms with Crippen molar-refractivity contribution in [1.29, 1.82) is 0 Å². The molecule has 3 heterocycles. The number of hydrogen-bond acceptors (Lipinski definition) is 8. The average Bonchev–Trinajstić information content (AvgIpc) is 2.89. The number of anilines is 1. The molecule has 0 bridgehead atoms. The Hall–Kier alpha value is -3.49. The molecule has 0 atom stereocenters. The Bertz CT molecular complexity index is 1090. The van der Waals surface area contributed by atoms with Gasteiger partial charge in [0.25, 0.3) is 0 Å². The molecule has 0 spiro atoms. The molecule has 1 aromatic carbocycles. The zero-order valence-electron chi connectivity index (χ0n) is 19.2. The fourth-order valence-corrected chi connectivity index (χ4v) is 3.72. The molecule has 8 nitrogen and oxygen atoms in total. The van der Waals surface area contributed by atoms with Crippen molar-refractivity contribution in [2.45, 2.75) is 6.54 Å². The second-order valence-corrected chi connectivity index (χ2v) is 7.81. The number of esters is 2. The molecular weight excluding hydrogens is 456 g/mol. The Balaban J connectivity index is 0.000000248. The molecule has 0 aliphatic carbocycles. The normalized spacial score (nSPS) is 13.4. The maximum absolute atomic E-state index is 11.9. The second kappa shape index (κ2) is 12.7. The minimum Gasteiger partial charge on any atom is -0.465 e. The van der Waals surface area contributed by atoms with E-state index in [1.807, 2.05) is 6.07 Å². The first kappa shape index (κ1) is 25.1. The molecule has 0 radical (unpaired) electrons. The Morgan fingerprint density at radius 1 is 0.824 bits per heavy atom. The number of nitrogens with zero attached hydrogens (tertiary/aromatic N) is 4. The smallest absolute Gasteiger partial charge is 0.341 e. The van der Waals surface area contributed by atoms with Crippen molar-refractivity contribution in [2.24, 2.45) is 0 Å². The summed E-state index contributed by atoms with van der Waals surface area (Å²) in [4.78, 5) is 35.5. The number of hydrogen-bond donors (Lipinski definition) is 0. The van der Waals surface area contributed by atoms with Crippen molar-refractivity contribution in [1.82, 2.24) is 14.9 Å². The number of benzene rings is 1. The summed E-state index contributed by atoms with van der Waals surface area (Å²) in [6.07, 6.45) is 3.23. The zero-order chi connectivity index (χ0) is 24.3. The van der Waals surface area contributed by atoms with Crippen LogP contribution in [0.4, 0.5) is 5.82 Å². The van der Waals surface area contributed by atoms with Crippen LogP contribution in [0.1, 0.15) is 26.3 Å². The van der Waals surface area contributed by atoms with E-state index in [2.05, 4.69) is 48.8 Å². The first-order valence-electron chi connectivity index (χ1n) is 10.8. The lowest BCUT2D eigenvalue weighted by molar-refractivity contribution is 0.0591. The van der Waals surface area contributed by atoms with E-state index in [9.17, 15) is 9.59 Å². The maximum Gasteiger partial charge on any atom is 0.341 e. The van der Waals surface area contributed by atoms with E-state index in [0.29, 0.717) is 5.56 Å². The van der Waals surface area contributed by atoms with E-state index >= 15 is 0 Å². The Labute approximate surface area is 204 Å². The van der Waals surface area contributed by atoms with Crippen molar-refractivity contribution in [3.05, 3.63) is 88.8 Å². The van der Waals surface area contributed by atoms with Gasteiger partial charge in [0, 0.05) is 45.1 Å². The number of carbonyl (C=O) groups is 2. The van der Waals surface area contributed by atoms with Gasteiger partial charge in [-0.1, -0.05) is 41.9 Å². The van der Waals surface area contributed by atoms with Crippen LogP contribution in [-0.4, -0.2) is 67.2 Å². The first-order chi connectivity index (χ1) is 16.5. The van der Waals surface area contributed by atoms with Crippen molar-refractivity contribution < 1.29 is 19.1 Å². The second-order valence-electron chi connectivity index (χ2n) is 7.45. The van der Waals surface area contributed by atoms with Gasteiger partial charge in [-0.2, -0.15) is 0 Å². The number of aromatic nitrogens is 2. The average molecular weight is 483 g/mol. The van der Waals surface area contributed by atoms with E-state index in [1.165, 1.54) is 26.0 Å². The zero-order valence-corrected chi connectivity index (χ0v) is 19.9. The number of pyridine rings is 2. The predicted molar refractivity (Wildman–Crippen MR) is 130 cm³/mol. The van der Waals surface area contributed by atoms with Crippen molar-refractivity contribution in [3.8, 4) is 0 Å². The SMILES string of the molecule is COC(=O)c1cccnc1Cl.COC(=O)c1cccnc1N1CCN(Cc2ccccc2)CC1. The van der Waals surface area contributed by atoms with E-state index < -0.39 is 5.97 Å². The predicted octanol–water partition coefficient (Wildman–Crippen LogP) is 3.71. The molecular formula is C25H27ClN4O4. The van der Waals surface area contributed by atoms with Crippen LogP contribution < -0.4 is 4.90 Å². The fourth-order valence-electron chi connectivity index (χ4n) is 3.53. The highest BCUT2D eigenvalue weighted by Gasteiger charge is 2.22. The van der Waals surface area contributed by atoms with Crippen LogP contribution in [0.5, 0.6) is 0 Å². The van der Waals surface area contributed by atoms with Crippen LogP contribution in [0.15, 0.2) is 67.0 Å². The summed E-state index contributed by atoms with van der Waals surface area (Å²) in [7, 11) is 2.70. The van der Waals surface area contributed by atoms with Gasteiger partial charge in [-0.05, 0) is 29.8 Å². The van der Waals surface area contributed by atoms with Crippen molar-refractivity contribution in [3.63, 3.8) is 0 Å². The molecule has 0 N–H and O–H groups in total. The quantitative estimate of drug-likeness (QED) is 0.402. The lowest BCUT2D eigenvalue weighted by Gasteiger charge is -2.36. The Kier molecular flexibility index (Phi) is 9.37. The minimum absolute atomic E-state index is 0.166. The number of halogens is 1. The van der Waals surface area contributed by atoms with Crippen LogP contribution in [0.2, 0.25) is 5.15 Å². The number of piperazine rings is 1. The van der Waals surface area contributed by atoms with Crippen molar-refractivity contribution in [2.75, 3.05) is 45.3 Å². The van der Waals surface area contributed by atoms with Crippen LogP contribution in [0, 0.1) is 0 Å². The highest BCUT2D eigenvalue weighted by atomic mass is 35.5. The molecule has 0 unspecified atom stereocenters. The van der Waals surface area contributed by atoms with Crippen molar-refractivity contribution >= 4 is 29.4 Å². The maximum atomic E-state index is 11.9. The largest absolute Gasteiger partial charge is 0.465 e. The third kappa shape index (κ3) is 6.76. The molecule has 1 aliphatic heterocycles. The molecule has 4 rings (SSSR count). The number of rotatable bonds is 5. The fraction of sp³-hybridized carbons (Fsp3) is 0.280. The van der Waals surface area contributed by atoms with Gasteiger partial charge in [0.15, 0.2) is 0 Å². The van der Waals surface area contributed by atoms with Gasteiger partial charge in [0.05, 0.1) is 19.8 Å². The standard InChI is InChI=1S/C18H21N3O2.C7H6ClNO2/c1-23-18(22)16-8-5-9-19-17(16)21-12-10-20(11-13-21)14-15-6-3-2-4-7-15;1-11-7(10)5-3-2-4-9-6(5)8/h2-9H,10-14H2,1H3;2-4H,1H3. The lowest BCUT2D eigenvalue weighted by Crippen LogP contribution is -2.46. The Morgan fingerprint density at radius 3 is 2.03 bits per heavy atom. The molecule has 1 fully saturated rings. The van der Waals surface area contributed by atoms with Gasteiger partial charge < -0.3 is 14.4 Å².